The minimum atomic E-state index is -0.107. The van der Waals surface area contributed by atoms with Crippen LogP contribution in [0.25, 0.3) is 0 Å². The van der Waals surface area contributed by atoms with Gasteiger partial charge >= 0.3 is 0 Å². The highest BCUT2D eigenvalue weighted by molar-refractivity contribution is 5.97. The Labute approximate surface area is 172 Å². The normalized spacial score (nSPS) is 23.2. The molecular formula is C24H29N3O2. The van der Waals surface area contributed by atoms with Gasteiger partial charge in [-0.25, -0.2) is 0 Å². The molecule has 152 valence electrons. The molecule has 3 atom stereocenters. The highest BCUT2D eigenvalue weighted by Crippen LogP contribution is 2.33. The number of amides is 2. The molecule has 1 heterocycles. The molecule has 0 bridgehead atoms. The van der Waals surface area contributed by atoms with E-state index in [2.05, 4.69) is 28.1 Å². The number of nitrogens with one attached hydrogen (secondary N) is 3. The summed E-state index contributed by atoms with van der Waals surface area (Å²) in [6.07, 6.45) is 6.69. The molecule has 1 saturated carbocycles. The molecule has 0 spiro atoms. The molecule has 0 aromatic heterocycles. The third-order valence-electron chi connectivity index (χ3n) is 6.14. The summed E-state index contributed by atoms with van der Waals surface area (Å²) < 4.78 is 0. The lowest BCUT2D eigenvalue weighted by atomic mass is 9.85. The Bertz CT molecular complexity index is 821. The van der Waals surface area contributed by atoms with Gasteiger partial charge in [0.2, 0.25) is 5.91 Å². The molecule has 3 N–H and O–H groups in total. The van der Waals surface area contributed by atoms with Gasteiger partial charge in [-0.05, 0) is 61.4 Å². The van der Waals surface area contributed by atoms with Crippen molar-refractivity contribution in [3.63, 3.8) is 0 Å². The molecule has 0 radical (unpaired) electrons. The van der Waals surface area contributed by atoms with E-state index in [4.69, 9.17) is 0 Å². The second kappa shape index (κ2) is 9.23. The monoisotopic (exact) mass is 391 g/mol. The van der Waals surface area contributed by atoms with Crippen LogP contribution < -0.4 is 16.0 Å². The lowest BCUT2D eigenvalue weighted by molar-refractivity contribution is -0.117. The molecule has 1 aliphatic carbocycles. The Hall–Kier alpha value is -2.66. The van der Waals surface area contributed by atoms with E-state index < -0.39 is 0 Å². The maximum absolute atomic E-state index is 12.6. The van der Waals surface area contributed by atoms with E-state index in [9.17, 15) is 9.59 Å². The summed E-state index contributed by atoms with van der Waals surface area (Å²) in [6, 6.07) is 17.6. The van der Waals surface area contributed by atoms with Gasteiger partial charge in [-0.1, -0.05) is 43.2 Å². The predicted octanol–water partition coefficient (Wildman–Crippen LogP) is 3.52. The van der Waals surface area contributed by atoms with Crippen molar-refractivity contribution in [1.82, 2.24) is 10.6 Å². The van der Waals surface area contributed by atoms with Crippen LogP contribution in [0, 0.1) is 5.92 Å². The van der Waals surface area contributed by atoms with Crippen LogP contribution in [0.4, 0.5) is 5.69 Å². The number of hydrogen-bond acceptors (Lipinski definition) is 3. The van der Waals surface area contributed by atoms with Gasteiger partial charge in [0.1, 0.15) is 0 Å². The van der Waals surface area contributed by atoms with Crippen LogP contribution in [0.5, 0.6) is 0 Å². The highest BCUT2D eigenvalue weighted by atomic mass is 16.2. The van der Waals surface area contributed by atoms with Crippen LogP contribution in [0.15, 0.2) is 54.6 Å². The second-order valence-electron chi connectivity index (χ2n) is 8.16. The van der Waals surface area contributed by atoms with E-state index in [1.54, 1.807) is 24.3 Å². The number of rotatable bonds is 6. The van der Waals surface area contributed by atoms with Crippen molar-refractivity contribution < 1.29 is 9.59 Å². The first-order chi connectivity index (χ1) is 14.2. The lowest BCUT2D eigenvalue weighted by Gasteiger charge is -2.24. The van der Waals surface area contributed by atoms with Crippen molar-refractivity contribution in [3.8, 4) is 0 Å². The van der Waals surface area contributed by atoms with Gasteiger partial charge in [0.05, 0.1) is 6.04 Å². The SMILES string of the molecule is O=C(NCCc1ccccc1)c1ccc(NC(=O)C2CC3CCCCC3N2)cc1. The van der Waals surface area contributed by atoms with Gasteiger partial charge in [-0.3, -0.25) is 9.59 Å². The Morgan fingerprint density at radius 3 is 2.48 bits per heavy atom. The smallest absolute Gasteiger partial charge is 0.251 e. The number of carbonyl (C=O) groups excluding carboxylic acids is 2. The zero-order valence-corrected chi connectivity index (χ0v) is 16.7. The van der Waals surface area contributed by atoms with Crippen molar-refractivity contribution in [2.24, 2.45) is 5.92 Å². The van der Waals surface area contributed by atoms with Crippen molar-refractivity contribution in [2.75, 3.05) is 11.9 Å². The fourth-order valence-corrected chi connectivity index (χ4v) is 4.52. The van der Waals surface area contributed by atoms with Gasteiger partial charge in [-0.2, -0.15) is 0 Å². The van der Waals surface area contributed by atoms with E-state index >= 15 is 0 Å². The summed E-state index contributed by atoms with van der Waals surface area (Å²) in [5, 5.41) is 9.44. The standard InChI is InChI=1S/C24H29N3O2/c28-23(25-15-14-17-6-2-1-3-7-17)18-10-12-20(13-11-18)26-24(29)22-16-19-8-4-5-9-21(19)27-22/h1-3,6-7,10-13,19,21-22,27H,4-5,8-9,14-16H2,(H,25,28)(H,26,29). The summed E-state index contributed by atoms with van der Waals surface area (Å²) in [4.78, 5) is 24.9. The minimum absolute atomic E-state index is 0.0273. The molecule has 4 rings (SSSR count). The van der Waals surface area contributed by atoms with E-state index in [1.165, 1.54) is 31.2 Å². The van der Waals surface area contributed by atoms with Crippen LogP contribution in [0.1, 0.15) is 48.0 Å². The first-order valence-electron chi connectivity index (χ1n) is 10.7. The molecule has 2 aliphatic rings. The zero-order chi connectivity index (χ0) is 20.1. The maximum atomic E-state index is 12.6. The highest BCUT2D eigenvalue weighted by Gasteiger charge is 2.38. The van der Waals surface area contributed by atoms with E-state index in [0.717, 1.165) is 18.5 Å². The fourth-order valence-electron chi connectivity index (χ4n) is 4.52. The first-order valence-corrected chi connectivity index (χ1v) is 10.7. The van der Waals surface area contributed by atoms with Crippen molar-refractivity contribution in [1.29, 1.82) is 0 Å². The van der Waals surface area contributed by atoms with Crippen LogP contribution in [-0.4, -0.2) is 30.4 Å². The molecule has 2 amide bonds. The van der Waals surface area contributed by atoms with E-state index in [-0.39, 0.29) is 17.9 Å². The van der Waals surface area contributed by atoms with Gasteiger partial charge in [0, 0.05) is 23.8 Å². The fraction of sp³-hybridized carbons (Fsp3) is 0.417. The third-order valence-corrected chi connectivity index (χ3v) is 6.14. The Kier molecular flexibility index (Phi) is 6.25. The predicted molar refractivity (Wildman–Crippen MR) is 115 cm³/mol. The number of anilines is 1. The van der Waals surface area contributed by atoms with Gasteiger partial charge < -0.3 is 16.0 Å². The van der Waals surface area contributed by atoms with Gasteiger partial charge in [0.15, 0.2) is 0 Å². The summed E-state index contributed by atoms with van der Waals surface area (Å²) >= 11 is 0. The Morgan fingerprint density at radius 1 is 0.966 bits per heavy atom. The van der Waals surface area contributed by atoms with Crippen LogP contribution >= 0.6 is 0 Å². The number of carbonyl (C=O) groups is 2. The molecular weight excluding hydrogens is 362 g/mol. The molecule has 2 aromatic rings. The molecule has 5 nitrogen and oxygen atoms in total. The van der Waals surface area contributed by atoms with Crippen molar-refractivity contribution in [3.05, 3.63) is 65.7 Å². The number of fused-ring (bicyclic) bond motifs is 1. The molecule has 2 aromatic carbocycles. The average molecular weight is 392 g/mol. The summed E-state index contributed by atoms with van der Waals surface area (Å²) in [5.74, 6) is 0.571. The molecule has 3 unspecified atom stereocenters. The second-order valence-corrected chi connectivity index (χ2v) is 8.16. The van der Waals surface area contributed by atoms with Gasteiger partial charge in [-0.15, -0.1) is 0 Å². The van der Waals surface area contributed by atoms with Crippen LogP contribution in [0.3, 0.4) is 0 Å². The Morgan fingerprint density at radius 2 is 1.72 bits per heavy atom. The van der Waals surface area contributed by atoms with E-state index in [1.807, 2.05) is 18.2 Å². The van der Waals surface area contributed by atoms with Crippen LogP contribution in [0.2, 0.25) is 0 Å². The summed E-state index contributed by atoms with van der Waals surface area (Å²) in [5.41, 5.74) is 2.53. The summed E-state index contributed by atoms with van der Waals surface area (Å²) in [7, 11) is 0. The quantitative estimate of drug-likeness (QED) is 0.706. The molecule has 5 heteroatoms. The van der Waals surface area contributed by atoms with Crippen molar-refractivity contribution >= 4 is 17.5 Å². The maximum Gasteiger partial charge on any atom is 0.251 e. The summed E-state index contributed by atoms with van der Waals surface area (Å²) in [6.45, 7) is 0.594. The molecule has 29 heavy (non-hydrogen) atoms. The number of benzene rings is 2. The van der Waals surface area contributed by atoms with Crippen LogP contribution in [-0.2, 0) is 11.2 Å². The molecule has 2 fully saturated rings. The topological polar surface area (TPSA) is 70.2 Å². The van der Waals surface area contributed by atoms with Crippen molar-refractivity contribution in [2.45, 2.75) is 50.6 Å². The van der Waals surface area contributed by atoms with Gasteiger partial charge in [0.25, 0.3) is 5.91 Å². The lowest BCUT2D eigenvalue weighted by Crippen LogP contribution is -2.39. The zero-order valence-electron chi connectivity index (χ0n) is 16.7. The Balaban J connectivity index is 1.25. The van der Waals surface area contributed by atoms with E-state index in [0.29, 0.717) is 24.1 Å². The number of hydrogen-bond donors (Lipinski definition) is 3. The third kappa shape index (κ3) is 5.04. The largest absolute Gasteiger partial charge is 0.352 e. The molecule has 1 saturated heterocycles. The minimum Gasteiger partial charge on any atom is -0.352 e. The first kappa shape index (κ1) is 19.6. The molecule has 1 aliphatic heterocycles. The average Bonchev–Trinajstić information content (AvgIpc) is 3.19.